The smallest absolute Gasteiger partial charge is 0.330 e. The minimum Gasteiger partial charge on any atom is -0.460 e. The van der Waals surface area contributed by atoms with Crippen molar-refractivity contribution in [3.8, 4) is 0 Å². The third kappa shape index (κ3) is 4.18. The first-order valence-electron chi connectivity index (χ1n) is 7.48. The SMILES string of the molecule is C[C@H]1CCCC=CC2C[C@H](O)C[C@@H]2[C@H](O)C=CC(=O)O1. The number of fused-ring (bicyclic) bond motifs is 1. The number of aliphatic hydroxyl groups excluding tert-OH is 2. The fourth-order valence-electron chi connectivity index (χ4n) is 3.10. The summed E-state index contributed by atoms with van der Waals surface area (Å²) >= 11 is 0. The molecular formula is C16H24O4. The Morgan fingerprint density at radius 3 is 2.85 bits per heavy atom. The number of rotatable bonds is 0. The van der Waals surface area contributed by atoms with Gasteiger partial charge in [0.15, 0.2) is 0 Å². The summed E-state index contributed by atoms with van der Waals surface area (Å²) in [5.41, 5.74) is 0. The monoisotopic (exact) mass is 280 g/mol. The highest BCUT2D eigenvalue weighted by molar-refractivity contribution is 5.82. The number of esters is 1. The lowest BCUT2D eigenvalue weighted by atomic mass is 9.90. The average Bonchev–Trinajstić information content (AvgIpc) is 2.76. The van der Waals surface area contributed by atoms with Gasteiger partial charge in [0.1, 0.15) is 0 Å². The van der Waals surface area contributed by atoms with Crippen molar-refractivity contribution in [2.45, 2.75) is 57.3 Å². The fourth-order valence-corrected chi connectivity index (χ4v) is 3.10. The van der Waals surface area contributed by atoms with Gasteiger partial charge in [-0.25, -0.2) is 4.79 Å². The Hall–Kier alpha value is -1.13. The number of carbonyl (C=O) groups excluding carboxylic acids is 1. The molecule has 0 amide bonds. The van der Waals surface area contributed by atoms with E-state index in [0.29, 0.717) is 12.8 Å². The van der Waals surface area contributed by atoms with Crippen molar-refractivity contribution in [1.29, 1.82) is 0 Å². The Labute approximate surface area is 120 Å². The van der Waals surface area contributed by atoms with Crippen molar-refractivity contribution in [3.63, 3.8) is 0 Å². The number of cyclic esters (lactones) is 1. The number of hydrogen-bond acceptors (Lipinski definition) is 4. The normalized spacial score (nSPS) is 39.4. The molecule has 0 saturated heterocycles. The van der Waals surface area contributed by atoms with E-state index in [2.05, 4.69) is 12.2 Å². The Bertz CT molecular complexity index is 388. The molecule has 2 aliphatic rings. The molecule has 0 aromatic rings. The molecule has 1 aliphatic heterocycles. The van der Waals surface area contributed by atoms with Gasteiger partial charge < -0.3 is 14.9 Å². The lowest BCUT2D eigenvalue weighted by Crippen LogP contribution is -2.21. The van der Waals surface area contributed by atoms with Crippen molar-refractivity contribution >= 4 is 5.97 Å². The highest BCUT2D eigenvalue weighted by Gasteiger charge is 2.35. The van der Waals surface area contributed by atoms with Gasteiger partial charge in [0, 0.05) is 6.08 Å². The quantitative estimate of drug-likeness (QED) is 0.526. The number of hydrogen-bond donors (Lipinski definition) is 2. The van der Waals surface area contributed by atoms with E-state index in [4.69, 9.17) is 4.74 Å². The number of ether oxygens (including phenoxy) is 1. The van der Waals surface area contributed by atoms with E-state index in [0.717, 1.165) is 19.3 Å². The molecule has 112 valence electrons. The van der Waals surface area contributed by atoms with Gasteiger partial charge in [-0.15, -0.1) is 0 Å². The molecule has 0 aromatic carbocycles. The van der Waals surface area contributed by atoms with Crippen molar-refractivity contribution in [2.24, 2.45) is 11.8 Å². The Kier molecular flexibility index (Phi) is 5.38. The van der Waals surface area contributed by atoms with Gasteiger partial charge >= 0.3 is 5.97 Å². The van der Waals surface area contributed by atoms with Crippen LogP contribution in [0.4, 0.5) is 0 Å². The molecule has 1 fully saturated rings. The summed E-state index contributed by atoms with van der Waals surface area (Å²) in [6.45, 7) is 1.89. The molecule has 1 heterocycles. The van der Waals surface area contributed by atoms with E-state index in [-0.39, 0.29) is 24.0 Å². The summed E-state index contributed by atoms with van der Waals surface area (Å²) in [4.78, 5) is 11.6. The molecule has 0 spiro atoms. The molecule has 0 bridgehead atoms. The molecule has 4 heteroatoms. The largest absolute Gasteiger partial charge is 0.460 e. The zero-order valence-corrected chi connectivity index (χ0v) is 11.9. The summed E-state index contributed by atoms with van der Waals surface area (Å²) in [5, 5.41) is 20.0. The standard InChI is InChI=1S/C16H24O4/c1-11-5-3-2-4-6-12-9-13(17)10-14(12)15(18)7-8-16(19)20-11/h4,6-8,11-15,17-18H,2-3,5,9-10H2,1H3/t11-,12?,13-,14-,15+/m0/s1. The van der Waals surface area contributed by atoms with Crippen LogP contribution in [0, 0.1) is 11.8 Å². The van der Waals surface area contributed by atoms with Crippen molar-refractivity contribution < 1.29 is 19.7 Å². The molecule has 1 aliphatic carbocycles. The third-order valence-corrected chi connectivity index (χ3v) is 4.19. The molecule has 4 nitrogen and oxygen atoms in total. The summed E-state index contributed by atoms with van der Waals surface area (Å²) in [6.07, 6.45) is 9.87. The first kappa shape index (κ1) is 15.3. The minimum absolute atomic E-state index is 0.0246. The fraction of sp³-hybridized carbons (Fsp3) is 0.688. The lowest BCUT2D eigenvalue weighted by molar-refractivity contribution is -0.142. The number of aliphatic hydroxyl groups is 2. The van der Waals surface area contributed by atoms with Gasteiger partial charge in [-0.2, -0.15) is 0 Å². The highest BCUT2D eigenvalue weighted by atomic mass is 16.5. The zero-order valence-electron chi connectivity index (χ0n) is 11.9. The first-order chi connectivity index (χ1) is 9.56. The minimum atomic E-state index is -0.717. The van der Waals surface area contributed by atoms with Crippen LogP contribution in [0.2, 0.25) is 0 Å². The van der Waals surface area contributed by atoms with Gasteiger partial charge in [0.25, 0.3) is 0 Å². The van der Waals surface area contributed by atoms with E-state index in [1.165, 1.54) is 12.2 Å². The maximum absolute atomic E-state index is 11.6. The van der Waals surface area contributed by atoms with Crippen LogP contribution >= 0.6 is 0 Å². The summed E-state index contributed by atoms with van der Waals surface area (Å²) in [7, 11) is 0. The second-order valence-electron chi connectivity index (χ2n) is 5.91. The molecule has 1 unspecified atom stereocenters. The van der Waals surface area contributed by atoms with Crippen LogP contribution < -0.4 is 0 Å². The zero-order chi connectivity index (χ0) is 14.5. The Balaban J connectivity index is 2.11. The Morgan fingerprint density at radius 1 is 1.25 bits per heavy atom. The van der Waals surface area contributed by atoms with Gasteiger partial charge in [-0.3, -0.25) is 0 Å². The molecule has 0 aromatic heterocycles. The highest BCUT2D eigenvalue weighted by Crippen LogP contribution is 2.36. The molecule has 1 saturated carbocycles. The maximum atomic E-state index is 11.6. The third-order valence-electron chi connectivity index (χ3n) is 4.19. The Morgan fingerprint density at radius 2 is 2.05 bits per heavy atom. The summed E-state index contributed by atoms with van der Waals surface area (Å²) in [6, 6.07) is 0. The molecule has 20 heavy (non-hydrogen) atoms. The molecule has 0 radical (unpaired) electrons. The van der Waals surface area contributed by atoms with Gasteiger partial charge in [-0.05, 0) is 56.9 Å². The predicted octanol–water partition coefficient (Wildman–Crippen LogP) is 1.96. The molecule has 5 atom stereocenters. The summed E-state index contributed by atoms with van der Waals surface area (Å²) in [5.74, 6) is -0.249. The van der Waals surface area contributed by atoms with Crippen LogP contribution in [-0.2, 0) is 9.53 Å². The molecular weight excluding hydrogens is 256 g/mol. The van der Waals surface area contributed by atoms with Crippen LogP contribution in [0.3, 0.4) is 0 Å². The van der Waals surface area contributed by atoms with Gasteiger partial charge in [0.2, 0.25) is 0 Å². The van der Waals surface area contributed by atoms with E-state index < -0.39 is 12.1 Å². The van der Waals surface area contributed by atoms with Gasteiger partial charge in [-0.1, -0.05) is 12.2 Å². The van der Waals surface area contributed by atoms with Crippen molar-refractivity contribution in [1.82, 2.24) is 0 Å². The van der Waals surface area contributed by atoms with E-state index in [1.807, 2.05) is 6.92 Å². The van der Waals surface area contributed by atoms with E-state index in [1.54, 1.807) is 0 Å². The van der Waals surface area contributed by atoms with Crippen molar-refractivity contribution in [3.05, 3.63) is 24.3 Å². The van der Waals surface area contributed by atoms with Crippen LogP contribution in [-0.4, -0.2) is 34.5 Å². The maximum Gasteiger partial charge on any atom is 0.330 e. The predicted molar refractivity (Wildman–Crippen MR) is 75.9 cm³/mol. The number of allylic oxidation sites excluding steroid dienone is 2. The average molecular weight is 280 g/mol. The van der Waals surface area contributed by atoms with Gasteiger partial charge in [0.05, 0.1) is 18.3 Å². The van der Waals surface area contributed by atoms with Crippen molar-refractivity contribution in [2.75, 3.05) is 0 Å². The second-order valence-corrected chi connectivity index (χ2v) is 5.91. The van der Waals surface area contributed by atoms with Crippen LogP contribution in [0.15, 0.2) is 24.3 Å². The van der Waals surface area contributed by atoms with E-state index in [9.17, 15) is 15.0 Å². The number of carbonyl (C=O) groups is 1. The lowest BCUT2D eigenvalue weighted by Gasteiger charge is -2.19. The van der Waals surface area contributed by atoms with Crippen LogP contribution in [0.1, 0.15) is 39.0 Å². The van der Waals surface area contributed by atoms with Crippen LogP contribution in [0.25, 0.3) is 0 Å². The molecule has 2 rings (SSSR count). The van der Waals surface area contributed by atoms with Crippen LogP contribution in [0.5, 0.6) is 0 Å². The topological polar surface area (TPSA) is 66.8 Å². The first-order valence-corrected chi connectivity index (χ1v) is 7.48. The summed E-state index contributed by atoms with van der Waals surface area (Å²) < 4.78 is 5.23. The van der Waals surface area contributed by atoms with E-state index >= 15 is 0 Å². The second kappa shape index (κ2) is 7.04. The molecule has 2 N–H and O–H groups in total.